The fraction of sp³-hybridized carbons (Fsp3) is 0.231. The van der Waals surface area contributed by atoms with Gasteiger partial charge < -0.3 is 4.57 Å². The van der Waals surface area contributed by atoms with E-state index in [9.17, 15) is 13.2 Å². The van der Waals surface area contributed by atoms with E-state index in [1.807, 2.05) is 22.9 Å². The van der Waals surface area contributed by atoms with Crippen molar-refractivity contribution < 1.29 is 13.2 Å². The standard InChI is InChI=1S/C13H11F3N4S/c14-13(15,16)9-19-5-3-17-12(19)7-20-4-1-11(18-20)10-2-6-21-8-10/h1-6,8H,7,9H2. The first kappa shape index (κ1) is 13.9. The normalized spacial score (nSPS) is 12.0. The number of hydrogen-bond acceptors (Lipinski definition) is 3. The van der Waals surface area contributed by atoms with Crippen molar-refractivity contribution in [2.45, 2.75) is 19.3 Å². The van der Waals surface area contributed by atoms with Gasteiger partial charge in [-0.05, 0) is 17.5 Å². The van der Waals surface area contributed by atoms with Crippen LogP contribution in [0.25, 0.3) is 11.3 Å². The van der Waals surface area contributed by atoms with Crippen LogP contribution in [0.15, 0.2) is 41.5 Å². The molecule has 0 bridgehead atoms. The first-order valence-electron chi connectivity index (χ1n) is 6.14. The van der Waals surface area contributed by atoms with Gasteiger partial charge in [0, 0.05) is 29.5 Å². The van der Waals surface area contributed by atoms with Crippen LogP contribution >= 0.6 is 11.3 Å². The molecule has 4 nitrogen and oxygen atoms in total. The molecule has 0 N–H and O–H groups in total. The molecule has 8 heteroatoms. The number of aromatic nitrogens is 4. The Labute approximate surface area is 122 Å². The van der Waals surface area contributed by atoms with Crippen LogP contribution in [0.4, 0.5) is 13.2 Å². The third-order valence-electron chi connectivity index (χ3n) is 2.91. The van der Waals surface area contributed by atoms with E-state index in [-0.39, 0.29) is 6.54 Å². The van der Waals surface area contributed by atoms with Crippen molar-refractivity contribution in [3.05, 3.63) is 47.3 Å². The molecule has 0 saturated carbocycles. The molecule has 110 valence electrons. The lowest BCUT2D eigenvalue weighted by atomic mass is 10.2. The van der Waals surface area contributed by atoms with Gasteiger partial charge in [0.25, 0.3) is 0 Å². The highest BCUT2D eigenvalue weighted by atomic mass is 32.1. The molecule has 0 aromatic carbocycles. The third kappa shape index (κ3) is 3.33. The van der Waals surface area contributed by atoms with E-state index >= 15 is 0 Å². The van der Waals surface area contributed by atoms with E-state index < -0.39 is 12.7 Å². The fourth-order valence-corrected chi connectivity index (χ4v) is 2.64. The highest BCUT2D eigenvalue weighted by Gasteiger charge is 2.28. The summed E-state index contributed by atoms with van der Waals surface area (Å²) in [4.78, 5) is 3.97. The van der Waals surface area contributed by atoms with Crippen molar-refractivity contribution in [1.29, 1.82) is 0 Å². The van der Waals surface area contributed by atoms with Crippen LogP contribution in [0, 0.1) is 0 Å². The second-order valence-corrected chi connectivity index (χ2v) is 5.28. The van der Waals surface area contributed by atoms with Crippen LogP contribution in [0.1, 0.15) is 5.82 Å². The van der Waals surface area contributed by atoms with Crippen molar-refractivity contribution in [1.82, 2.24) is 19.3 Å². The Balaban J connectivity index is 1.77. The highest BCUT2D eigenvalue weighted by Crippen LogP contribution is 2.21. The first-order chi connectivity index (χ1) is 10.0. The van der Waals surface area contributed by atoms with Gasteiger partial charge in [-0.1, -0.05) is 0 Å². The molecular formula is C13H11F3N4S. The molecule has 0 spiro atoms. The number of alkyl halides is 3. The van der Waals surface area contributed by atoms with Gasteiger partial charge in [-0.3, -0.25) is 4.68 Å². The largest absolute Gasteiger partial charge is 0.406 e. The Morgan fingerprint density at radius 3 is 2.76 bits per heavy atom. The van der Waals surface area contributed by atoms with E-state index in [0.717, 1.165) is 15.8 Å². The monoisotopic (exact) mass is 312 g/mol. The number of nitrogens with zero attached hydrogens (tertiary/aromatic N) is 4. The second kappa shape index (κ2) is 5.36. The summed E-state index contributed by atoms with van der Waals surface area (Å²) in [5.74, 6) is 0.326. The molecule has 0 saturated heterocycles. The smallest absolute Gasteiger partial charge is 0.324 e. The predicted octanol–water partition coefficient (Wildman–Crippen LogP) is 3.42. The number of thiophene rings is 1. The van der Waals surface area contributed by atoms with Crippen molar-refractivity contribution in [3.63, 3.8) is 0 Å². The third-order valence-corrected chi connectivity index (χ3v) is 3.60. The van der Waals surface area contributed by atoms with Gasteiger partial charge in [-0.25, -0.2) is 4.98 Å². The van der Waals surface area contributed by atoms with E-state index in [1.54, 1.807) is 22.2 Å². The fourth-order valence-electron chi connectivity index (χ4n) is 1.99. The van der Waals surface area contributed by atoms with Gasteiger partial charge in [-0.15, -0.1) is 0 Å². The summed E-state index contributed by atoms with van der Waals surface area (Å²) in [6, 6.07) is 3.78. The van der Waals surface area contributed by atoms with Crippen molar-refractivity contribution in [2.24, 2.45) is 0 Å². The summed E-state index contributed by atoms with van der Waals surface area (Å²) in [5.41, 5.74) is 1.79. The summed E-state index contributed by atoms with van der Waals surface area (Å²) in [6.07, 6.45) is 0.164. The summed E-state index contributed by atoms with van der Waals surface area (Å²) >= 11 is 1.57. The van der Waals surface area contributed by atoms with Crippen LogP contribution in [0.5, 0.6) is 0 Å². The Hall–Kier alpha value is -2.09. The lowest BCUT2D eigenvalue weighted by molar-refractivity contribution is -0.141. The lowest BCUT2D eigenvalue weighted by Gasteiger charge is -2.10. The Kier molecular flexibility index (Phi) is 3.54. The van der Waals surface area contributed by atoms with Gasteiger partial charge in [0.15, 0.2) is 0 Å². The molecule has 0 aliphatic rings. The number of halogens is 3. The quantitative estimate of drug-likeness (QED) is 0.740. The second-order valence-electron chi connectivity index (χ2n) is 4.50. The van der Waals surface area contributed by atoms with Gasteiger partial charge in [0.05, 0.1) is 12.2 Å². The molecule has 0 aliphatic heterocycles. The Morgan fingerprint density at radius 2 is 2.05 bits per heavy atom. The molecule has 0 amide bonds. The maximum atomic E-state index is 12.5. The van der Waals surface area contributed by atoms with Crippen LogP contribution in [-0.2, 0) is 13.1 Å². The molecular weight excluding hydrogens is 301 g/mol. The van der Waals surface area contributed by atoms with Crippen LogP contribution in [0.2, 0.25) is 0 Å². The molecule has 0 fully saturated rings. The SMILES string of the molecule is FC(F)(F)Cn1ccnc1Cn1ccc(-c2ccsc2)n1. The topological polar surface area (TPSA) is 35.6 Å². The summed E-state index contributed by atoms with van der Waals surface area (Å²) in [5, 5.41) is 8.27. The molecule has 0 aliphatic carbocycles. The predicted molar refractivity (Wildman–Crippen MR) is 72.9 cm³/mol. The zero-order valence-corrected chi connectivity index (χ0v) is 11.6. The van der Waals surface area contributed by atoms with Crippen LogP contribution in [0.3, 0.4) is 0 Å². The maximum Gasteiger partial charge on any atom is 0.406 e. The zero-order valence-electron chi connectivity index (χ0n) is 10.8. The average Bonchev–Trinajstić information content (AvgIpc) is 3.10. The summed E-state index contributed by atoms with van der Waals surface area (Å²) in [7, 11) is 0. The summed E-state index contributed by atoms with van der Waals surface area (Å²) < 4.78 is 40.0. The molecule has 3 rings (SSSR count). The first-order valence-corrected chi connectivity index (χ1v) is 7.08. The maximum absolute atomic E-state index is 12.5. The van der Waals surface area contributed by atoms with Crippen molar-refractivity contribution >= 4 is 11.3 Å². The number of imidazole rings is 1. The summed E-state index contributed by atoms with van der Waals surface area (Å²) in [6.45, 7) is -0.839. The van der Waals surface area contributed by atoms with Gasteiger partial charge in [0.2, 0.25) is 0 Å². The number of rotatable bonds is 4. The molecule has 21 heavy (non-hydrogen) atoms. The highest BCUT2D eigenvalue weighted by molar-refractivity contribution is 7.08. The minimum absolute atomic E-state index is 0.202. The Bertz CT molecular complexity index is 712. The van der Waals surface area contributed by atoms with E-state index in [1.165, 1.54) is 12.4 Å². The number of hydrogen-bond donors (Lipinski definition) is 0. The van der Waals surface area contributed by atoms with Crippen LogP contribution in [-0.4, -0.2) is 25.5 Å². The molecule has 3 aromatic rings. The van der Waals surface area contributed by atoms with E-state index in [0.29, 0.717) is 5.82 Å². The minimum Gasteiger partial charge on any atom is -0.324 e. The minimum atomic E-state index is -4.26. The van der Waals surface area contributed by atoms with Gasteiger partial charge in [-0.2, -0.15) is 29.6 Å². The molecule has 3 heterocycles. The Morgan fingerprint density at radius 1 is 1.19 bits per heavy atom. The zero-order chi connectivity index (χ0) is 14.9. The van der Waals surface area contributed by atoms with E-state index in [2.05, 4.69) is 10.1 Å². The van der Waals surface area contributed by atoms with Crippen LogP contribution < -0.4 is 0 Å². The molecule has 0 radical (unpaired) electrons. The lowest BCUT2D eigenvalue weighted by Crippen LogP contribution is -2.20. The molecule has 0 atom stereocenters. The average molecular weight is 312 g/mol. The molecule has 3 aromatic heterocycles. The molecule has 0 unspecified atom stereocenters. The van der Waals surface area contributed by atoms with E-state index in [4.69, 9.17) is 0 Å². The van der Waals surface area contributed by atoms with Crippen molar-refractivity contribution in [2.75, 3.05) is 0 Å². The van der Waals surface area contributed by atoms with Gasteiger partial charge >= 0.3 is 6.18 Å². The van der Waals surface area contributed by atoms with Crippen molar-refractivity contribution in [3.8, 4) is 11.3 Å². The van der Waals surface area contributed by atoms with Gasteiger partial charge in [0.1, 0.15) is 12.4 Å².